The molecule has 2 unspecified atom stereocenters. The fourth-order valence-corrected chi connectivity index (χ4v) is 2.40. The summed E-state index contributed by atoms with van der Waals surface area (Å²) in [4.78, 5) is 4.41. The monoisotopic (exact) mass is 212 g/mol. The molecule has 0 heterocycles. The largest absolute Gasteiger partial charge is 0.385 e. The van der Waals surface area contributed by atoms with Gasteiger partial charge in [0.25, 0.3) is 0 Å². The van der Waals surface area contributed by atoms with Crippen molar-refractivity contribution in [3.8, 4) is 0 Å². The van der Waals surface area contributed by atoms with Crippen LogP contribution in [-0.2, 0) is 4.74 Å². The first kappa shape index (κ1) is 12.5. The van der Waals surface area contributed by atoms with E-state index in [2.05, 4.69) is 18.8 Å². The summed E-state index contributed by atoms with van der Waals surface area (Å²) in [7, 11) is 1.76. The van der Waals surface area contributed by atoms with Gasteiger partial charge in [-0.05, 0) is 31.6 Å². The normalized spacial score (nSPS) is 33.0. The summed E-state index contributed by atoms with van der Waals surface area (Å²) in [5, 5.41) is 0. The lowest BCUT2D eigenvalue weighted by molar-refractivity contribution is 0.00290. The van der Waals surface area contributed by atoms with Crippen LogP contribution in [0.2, 0.25) is 0 Å². The third kappa shape index (κ3) is 2.94. The van der Waals surface area contributed by atoms with Gasteiger partial charge in [0.1, 0.15) is 11.4 Å². The lowest BCUT2D eigenvalue weighted by Crippen LogP contribution is -2.49. The highest BCUT2D eigenvalue weighted by Crippen LogP contribution is 2.34. The Hall–Kier alpha value is -0.570. The highest BCUT2D eigenvalue weighted by Gasteiger charge is 2.38. The molecule has 15 heavy (non-hydrogen) atoms. The van der Waals surface area contributed by atoms with Crippen LogP contribution in [0, 0.1) is 5.92 Å². The van der Waals surface area contributed by atoms with Crippen LogP contribution in [0.3, 0.4) is 0 Å². The second kappa shape index (κ2) is 5.50. The minimum Gasteiger partial charge on any atom is -0.385 e. The molecular weight excluding hydrogens is 188 g/mol. The third-order valence-corrected chi connectivity index (χ3v) is 3.32. The van der Waals surface area contributed by atoms with Gasteiger partial charge in [0.15, 0.2) is 0 Å². The number of nitrogens with zero attached hydrogens (tertiary/aromatic N) is 1. The number of nitrogens with two attached hydrogens (primary N) is 1. The molecule has 88 valence electrons. The first-order chi connectivity index (χ1) is 7.14. The van der Waals surface area contributed by atoms with Gasteiger partial charge in [-0.3, -0.25) is 4.99 Å². The topological polar surface area (TPSA) is 47.6 Å². The second-order valence-corrected chi connectivity index (χ2v) is 4.67. The molecule has 1 aliphatic carbocycles. The van der Waals surface area contributed by atoms with E-state index in [0.717, 1.165) is 25.8 Å². The van der Waals surface area contributed by atoms with E-state index in [1.807, 2.05) is 0 Å². The fourth-order valence-electron chi connectivity index (χ4n) is 2.40. The Labute approximate surface area is 93.1 Å². The van der Waals surface area contributed by atoms with E-state index in [1.54, 1.807) is 7.11 Å². The highest BCUT2D eigenvalue weighted by atomic mass is 16.5. The summed E-state index contributed by atoms with van der Waals surface area (Å²) in [5.74, 6) is 1.40. The SMILES string of the molecule is CCCN=C(N)C1(OC)CCCC(C)C1. The van der Waals surface area contributed by atoms with Crippen molar-refractivity contribution in [1.82, 2.24) is 0 Å². The van der Waals surface area contributed by atoms with Crippen molar-refractivity contribution in [1.29, 1.82) is 0 Å². The van der Waals surface area contributed by atoms with Crippen LogP contribution in [0.1, 0.15) is 46.0 Å². The van der Waals surface area contributed by atoms with Crippen molar-refractivity contribution in [2.45, 2.75) is 51.6 Å². The van der Waals surface area contributed by atoms with Crippen molar-refractivity contribution in [3.63, 3.8) is 0 Å². The van der Waals surface area contributed by atoms with Crippen LogP contribution in [0.5, 0.6) is 0 Å². The molecule has 2 atom stereocenters. The van der Waals surface area contributed by atoms with Crippen LogP contribution < -0.4 is 5.73 Å². The zero-order chi connectivity index (χ0) is 11.3. The molecule has 0 bridgehead atoms. The van der Waals surface area contributed by atoms with Gasteiger partial charge in [-0.1, -0.05) is 20.3 Å². The molecule has 0 aliphatic heterocycles. The molecule has 3 nitrogen and oxygen atoms in total. The van der Waals surface area contributed by atoms with Gasteiger partial charge < -0.3 is 10.5 Å². The third-order valence-electron chi connectivity index (χ3n) is 3.32. The average Bonchev–Trinajstić information content (AvgIpc) is 2.25. The Balaban J connectivity index is 2.74. The lowest BCUT2D eigenvalue weighted by Gasteiger charge is -2.38. The summed E-state index contributed by atoms with van der Waals surface area (Å²) < 4.78 is 5.65. The first-order valence-electron chi connectivity index (χ1n) is 6.00. The number of hydrogen-bond acceptors (Lipinski definition) is 2. The second-order valence-electron chi connectivity index (χ2n) is 4.67. The summed E-state index contributed by atoms with van der Waals surface area (Å²) in [6.45, 7) is 5.19. The molecule has 1 rings (SSSR count). The predicted molar refractivity (Wildman–Crippen MR) is 64.2 cm³/mol. The number of rotatable bonds is 4. The van der Waals surface area contributed by atoms with Crippen LogP contribution in [0.15, 0.2) is 4.99 Å². The number of amidine groups is 1. The first-order valence-corrected chi connectivity index (χ1v) is 6.00. The van der Waals surface area contributed by atoms with E-state index >= 15 is 0 Å². The van der Waals surface area contributed by atoms with E-state index in [-0.39, 0.29) is 5.60 Å². The van der Waals surface area contributed by atoms with Crippen molar-refractivity contribution in [2.24, 2.45) is 16.6 Å². The zero-order valence-electron chi connectivity index (χ0n) is 10.3. The molecule has 2 N–H and O–H groups in total. The summed E-state index contributed by atoms with van der Waals surface area (Å²) in [6, 6.07) is 0. The molecule has 0 saturated heterocycles. The molecule has 0 radical (unpaired) electrons. The minimum absolute atomic E-state index is 0.271. The maximum Gasteiger partial charge on any atom is 0.126 e. The van der Waals surface area contributed by atoms with Crippen molar-refractivity contribution < 1.29 is 4.74 Å². The van der Waals surface area contributed by atoms with Crippen molar-refractivity contribution in [2.75, 3.05) is 13.7 Å². The Bertz CT molecular complexity index is 228. The molecule has 3 heteroatoms. The lowest BCUT2D eigenvalue weighted by atomic mass is 9.78. The molecular formula is C12H24N2O. The minimum atomic E-state index is -0.271. The number of methoxy groups -OCH3 is 1. The molecule has 1 aliphatic rings. The summed E-state index contributed by atoms with van der Waals surface area (Å²) >= 11 is 0. The molecule has 0 aromatic carbocycles. The van der Waals surface area contributed by atoms with E-state index in [4.69, 9.17) is 10.5 Å². The van der Waals surface area contributed by atoms with Crippen molar-refractivity contribution >= 4 is 5.84 Å². The van der Waals surface area contributed by atoms with Crippen LogP contribution in [0.4, 0.5) is 0 Å². The molecule has 1 saturated carbocycles. The Morgan fingerprint density at radius 2 is 2.33 bits per heavy atom. The van der Waals surface area contributed by atoms with Gasteiger partial charge in [0, 0.05) is 13.7 Å². The molecule has 0 aromatic heterocycles. The Kier molecular flexibility index (Phi) is 4.58. The molecule has 0 amide bonds. The van der Waals surface area contributed by atoms with Crippen LogP contribution in [0.25, 0.3) is 0 Å². The Morgan fingerprint density at radius 1 is 1.60 bits per heavy atom. The molecule has 0 spiro atoms. The maximum absolute atomic E-state index is 6.07. The Morgan fingerprint density at radius 3 is 2.87 bits per heavy atom. The summed E-state index contributed by atoms with van der Waals surface area (Å²) in [5.41, 5.74) is 5.80. The maximum atomic E-state index is 6.07. The standard InChI is InChI=1S/C12H24N2O/c1-4-8-14-11(13)12(15-3)7-5-6-10(2)9-12/h10H,4-9H2,1-3H3,(H2,13,14). The number of ether oxygens (including phenoxy) is 1. The molecule has 1 fully saturated rings. The molecule has 0 aromatic rings. The van der Waals surface area contributed by atoms with Gasteiger partial charge in [-0.25, -0.2) is 0 Å². The fraction of sp³-hybridized carbons (Fsp3) is 0.917. The van der Waals surface area contributed by atoms with E-state index < -0.39 is 0 Å². The average molecular weight is 212 g/mol. The van der Waals surface area contributed by atoms with Crippen molar-refractivity contribution in [3.05, 3.63) is 0 Å². The smallest absolute Gasteiger partial charge is 0.126 e. The van der Waals surface area contributed by atoms with Crippen LogP contribution >= 0.6 is 0 Å². The van der Waals surface area contributed by atoms with E-state index in [0.29, 0.717) is 11.8 Å². The van der Waals surface area contributed by atoms with Gasteiger partial charge >= 0.3 is 0 Å². The quantitative estimate of drug-likeness (QED) is 0.574. The zero-order valence-corrected chi connectivity index (χ0v) is 10.3. The summed E-state index contributed by atoms with van der Waals surface area (Å²) in [6.07, 6.45) is 5.55. The van der Waals surface area contributed by atoms with E-state index in [1.165, 1.54) is 12.8 Å². The van der Waals surface area contributed by atoms with Gasteiger partial charge in [0.2, 0.25) is 0 Å². The van der Waals surface area contributed by atoms with Crippen LogP contribution in [-0.4, -0.2) is 25.1 Å². The van der Waals surface area contributed by atoms with Gasteiger partial charge in [0.05, 0.1) is 0 Å². The number of hydrogen-bond donors (Lipinski definition) is 1. The van der Waals surface area contributed by atoms with E-state index in [9.17, 15) is 0 Å². The predicted octanol–water partition coefficient (Wildman–Crippen LogP) is 2.35. The van der Waals surface area contributed by atoms with Gasteiger partial charge in [-0.15, -0.1) is 0 Å². The highest BCUT2D eigenvalue weighted by molar-refractivity contribution is 5.89. The van der Waals surface area contributed by atoms with Gasteiger partial charge in [-0.2, -0.15) is 0 Å². The number of aliphatic imine (C=N–C) groups is 1.